The van der Waals surface area contributed by atoms with Crippen molar-refractivity contribution in [3.05, 3.63) is 77.2 Å². The average molecular weight is 665 g/mol. The first-order chi connectivity index (χ1) is 22.8. The number of aromatic nitrogens is 1. The molecule has 1 aromatic heterocycles. The molecule has 1 fully saturated rings. The van der Waals surface area contributed by atoms with Crippen LogP contribution in [0.15, 0.2) is 60.8 Å². The fraction of sp³-hybridized carbons (Fsp3) is 0.343. The van der Waals surface area contributed by atoms with Gasteiger partial charge in [-0.1, -0.05) is 24.6 Å². The molecule has 0 atom stereocenters. The van der Waals surface area contributed by atoms with Crippen LogP contribution in [0.2, 0.25) is 5.02 Å². The number of benzene rings is 3. The highest BCUT2D eigenvalue weighted by Gasteiger charge is 2.18. The van der Waals surface area contributed by atoms with E-state index in [0.717, 1.165) is 44.0 Å². The number of halogens is 2. The number of nitrogens with zero attached hydrogens (tertiary/aromatic N) is 1. The molecule has 12 heteroatoms. The lowest BCUT2D eigenvalue weighted by Crippen LogP contribution is -2.36. The van der Waals surface area contributed by atoms with Crippen molar-refractivity contribution >= 4 is 40.0 Å². The molecule has 0 saturated carbocycles. The predicted octanol–water partition coefficient (Wildman–Crippen LogP) is 6.29. The lowest BCUT2D eigenvalue weighted by molar-refractivity contribution is -0.136. The summed E-state index contributed by atoms with van der Waals surface area (Å²) < 4.78 is 38.3. The summed E-state index contributed by atoms with van der Waals surface area (Å²) >= 11 is 6.26. The van der Waals surface area contributed by atoms with E-state index in [4.69, 9.17) is 30.5 Å². The van der Waals surface area contributed by atoms with Gasteiger partial charge < -0.3 is 34.9 Å². The SMILES string of the molecule is CCCOc1ccc(CCNC(=O)C(=O)Nc2ccc(Oc3ccnc4cc(OCC5CCNCC5)c(OC)cc34)c(F)c2)cc1Cl. The van der Waals surface area contributed by atoms with Crippen molar-refractivity contribution in [1.29, 1.82) is 0 Å². The Morgan fingerprint density at radius 3 is 2.51 bits per heavy atom. The molecule has 0 unspecified atom stereocenters. The zero-order valence-corrected chi connectivity index (χ0v) is 27.1. The Labute approximate surface area is 277 Å². The minimum absolute atomic E-state index is 0.0741. The molecule has 1 aliphatic rings. The van der Waals surface area contributed by atoms with Gasteiger partial charge >= 0.3 is 11.8 Å². The Morgan fingerprint density at radius 2 is 1.77 bits per heavy atom. The van der Waals surface area contributed by atoms with Crippen LogP contribution >= 0.6 is 11.6 Å². The fourth-order valence-corrected chi connectivity index (χ4v) is 5.40. The molecule has 2 amide bonds. The molecule has 1 saturated heterocycles. The van der Waals surface area contributed by atoms with E-state index in [9.17, 15) is 9.59 Å². The van der Waals surface area contributed by atoms with Gasteiger partial charge in [0.25, 0.3) is 0 Å². The van der Waals surface area contributed by atoms with Crippen LogP contribution in [0.4, 0.5) is 10.1 Å². The van der Waals surface area contributed by atoms with Crippen LogP contribution in [0.5, 0.6) is 28.7 Å². The van der Waals surface area contributed by atoms with Crippen molar-refractivity contribution in [3.8, 4) is 28.7 Å². The number of nitrogens with one attached hydrogen (secondary N) is 3. The predicted molar refractivity (Wildman–Crippen MR) is 178 cm³/mol. The molecular formula is C35H38ClFN4O6. The molecule has 2 heterocycles. The highest BCUT2D eigenvalue weighted by Crippen LogP contribution is 2.38. The van der Waals surface area contributed by atoms with E-state index in [1.807, 2.05) is 13.0 Å². The highest BCUT2D eigenvalue weighted by atomic mass is 35.5. The Kier molecular flexibility index (Phi) is 11.7. The maximum Gasteiger partial charge on any atom is 0.313 e. The molecule has 1 aliphatic heterocycles. The summed E-state index contributed by atoms with van der Waals surface area (Å²) in [6.07, 6.45) is 4.99. The van der Waals surface area contributed by atoms with E-state index < -0.39 is 17.6 Å². The topological polar surface area (TPSA) is 120 Å². The second-order valence-electron chi connectivity index (χ2n) is 11.2. The monoisotopic (exact) mass is 664 g/mol. The first-order valence-corrected chi connectivity index (χ1v) is 16.0. The van der Waals surface area contributed by atoms with Crippen molar-refractivity contribution in [2.24, 2.45) is 5.92 Å². The van der Waals surface area contributed by atoms with Crippen molar-refractivity contribution < 1.29 is 32.9 Å². The van der Waals surface area contributed by atoms with Crippen molar-refractivity contribution in [1.82, 2.24) is 15.6 Å². The Balaban J connectivity index is 1.17. The number of methoxy groups -OCH3 is 1. The average Bonchev–Trinajstić information content (AvgIpc) is 3.08. The number of hydrogen-bond donors (Lipinski definition) is 3. The van der Waals surface area contributed by atoms with E-state index in [2.05, 4.69) is 20.9 Å². The molecule has 3 N–H and O–H groups in total. The quantitative estimate of drug-likeness (QED) is 0.143. The largest absolute Gasteiger partial charge is 0.493 e. The number of carbonyl (C=O) groups is 2. The van der Waals surface area contributed by atoms with Crippen LogP contribution in [-0.4, -0.2) is 56.8 Å². The first-order valence-electron chi connectivity index (χ1n) is 15.6. The van der Waals surface area contributed by atoms with Crippen LogP contribution in [0, 0.1) is 11.7 Å². The van der Waals surface area contributed by atoms with Crippen LogP contribution in [-0.2, 0) is 16.0 Å². The summed E-state index contributed by atoms with van der Waals surface area (Å²) in [4.78, 5) is 29.3. The molecule has 5 rings (SSSR count). The number of ether oxygens (including phenoxy) is 4. The number of fused-ring (bicyclic) bond motifs is 1. The Bertz CT molecular complexity index is 1720. The standard InChI is InChI=1S/C35H38ClFN4O6/c1-3-16-45-30-6-4-22(17-26(30)36)10-14-40-34(42)35(43)41-24-5-7-31(27(37)18-24)47-29-11-15-39-28-20-33(32(44-2)19-25(28)29)46-21-23-8-12-38-13-9-23/h4-7,11,15,17-20,23,38H,3,8-10,12-14,16,21H2,1-2H3,(H,40,42)(H,41,43). The number of hydrogen-bond acceptors (Lipinski definition) is 8. The number of rotatable bonds is 13. The first kappa shape index (κ1) is 33.7. The molecule has 10 nitrogen and oxygen atoms in total. The molecular weight excluding hydrogens is 627 g/mol. The number of anilines is 1. The van der Waals surface area contributed by atoms with Gasteiger partial charge in [-0.05, 0) is 86.7 Å². The number of carbonyl (C=O) groups excluding carboxylic acids is 2. The summed E-state index contributed by atoms with van der Waals surface area (Å²) in [5, 5.41) is 9.42. The van der Waals surface area contributed by atoms with Crippen molar-refractivity contribution in [3.63, 3.8) is 0 Å². The van der Waals surface area contributed by atoms with Crippen LogP contribution in [0.25, 0.3) is 10.9 Å². The zero-order chi connectivity index (χ0) is 33.2. The normalized spacial score (nSPS) is 13.2. The molecule has 0 radical (unpaired) electrons. The van der Waals surface area contributed by atoms with E-state index in [-0.39, 0.29) is 18.0 Å². The summed E-state index contributed by atoms with van der Waals surface area (Å²) in [5.41, 5.74) is 1.57. The molecule has 0 bridgehead atoms. The third-order valence-corrected chi connectivity index (χ3v) is 7.99. The van der Waals surface area contributed by atoms with Gasteiger partial charge in [0.15, 0.2) is 23.1 Å². The molecule has 0 aliphatic carbocycles. The lowest BCUT2D eigenvalue weighted by atomic mass is 9.99. The van der Waals surface area contributed by atoms with Gasteiger partial charge in [-0.3, -0.25) is 14.6 Å². The lowest BCUT2D eigenvalue weighted by Gasteiger charge is -2.23. The maximum atomic E-state index is 15.1. The number of amides is 2. The van der Waals surface area contributed by atoms with Gasteiger partial charge in [0.2, 0.25) is 0 Å². The van der Waals surface area contributed by atoms with Gasteiger partial charge in [0.1, 0.15) is 11.5 Å². The van der Waals surface area contributed by atoms with Gasteiger partial charge in [0, 0.05) is 35.9 Å². The fourth-order valence-electron chi connectivity index (χ4n) is 5.14. The minimum Gasteiger partial charge on any atom is -0.493 e. The van der Waals surface area contributed by atoms with Gasteiger partial charge in [-0.15, -0.1) is 0 Å². The van der Waals surface area contributed by atoms with Crippen LogP contribution in [0.1, 0.15) is 31.7 Å². The maximum absolute atomic E-state index is 15.1. The molecule has 47 heavy (non-hydrogen) atoms. The van der Waals surface area contributed by atoms with Gasteiger partial charge in [0.05, 0.1) is 30.9 Å². The van der Waals surface area contributed by atoms with Gasteiger partial charge in [-0.2, -0.15) is 0 Å². The second-order valence-corrected chi connectivity index (χ2v) is 11.6. The van der Waals surface area contributed by atoms with E-state index in [0.29, 0.717) is 64.5 Å². The summed E-state index contributed by atoms with van der Waals surface area (Å²) in [7, 11) is 1.56. The summed E-state index contributed by atoms with van der Waals surface area (Å²) in [6, 6.07) is 14.5. The summed E-state index contributed by atoms with van der Waals surface area (Å²) in [5.74, 6) is -0.0711. The van der Waals surface area contributed by atoms with Crippen molar-refractivity contribution in [2.45, 2.75) is 32.6 Å². The highest BCUT2D eigenvalue weighted by molar-refractivity contribution is 6.39. The van der Waals surface area contributed by atoms with Crippen LogP contribution in [0.3, 0.4) is 0 Å². The van der Waals surface area contributed by atoms with E-state index in [1.165, 1.54) is 12.1 Å². The Hall–Kier alpha value is -4.61. The third-order valence-electron chi connectivity index (χ3n) is 7.69. The third kappa shape index (κ3) is 9.02. The number of piperidine rings is 1. The zero-order valence-electron chi connectivity index (χ0n) is 26.4. The smallest absolute Gasteiger partial charge is 0.313 e. The van der Waals surface area contributed by atoms with Crippen molar-refractivity contribution in [2.75, 3.05) is 45.3 Å². The number of pyridine rings is 1. The summed E-state index contributed by atoms with van der Waals surface area (Å²) in [6.45, 7) is 5.31. The second kappa shape index (κ2) is 16.3. The molecule has 3 aromatic carbocycles. The minimum atomic E-state index is -0.926. The Morgan fingerprint density at radius 1 is 0.957 bits per heavy atom. The molecule has 4 aromatic rings. The van der Waals surface area contributed by atoms with Crippen LogP contribution < -0.4 is 34.9 Å². The van der Waals surface area contributed by atoms with Gasteiger partial charge in [-0.25, -0.2) is 4.39 Å². The van der Waals surface area contributed by atoms with E-state index >= 15 is 4.39 Å². The molecule has 248 valence electrons. The van der Waals surface area contributed by atoms with E-state index in [1.54, 1.807) is 43.6 Å². The molecule has 0 spiro atoms.